The first-order valence-electron chi connectivity index (χ1n) is 6.61. The number of ether oxygens (including phenoxy) is 1. The summed E-state index contributed by atoms with van der Waals surface area (Å²) in [4.78, 5) is 4.98. The summed E-state index contributed by atoms with van der Waals surface area (Å²) < 4.78 is 7.00. The van der Waals surface area contributed by atoms with E-state index in [9.17, 15) is 0 Å². The molecule has 100 valence electrons. The molecule has 1 aromatic rings. The minimum absolute atomic E-state index is 0.784. The molecule has 1 saturated heterocycles. The number of hydrogen-bond donors (Lipinski definition) is 0. The molecule has 0 unspecified atom stereocenters. The standard InChI is InChI=1S/C14H21IN2O/c1-2-16-7-9-17(10-8-16)11-12-18-14-5-3-13(15)4-6-14/h3-6H,2,7-12H2,1H3. The first-order valence-corrected chi connectivity index (χ1v) is 7.69. The van der Waals surface area contributed by atoms with E-state index in [4.69, 9.17) is 4.74 Å². The Bertz CT molecular complexity index is 347. The van der Waals surface area contributed by atoms with Crippen molar-refractivity contribution in [3.8, 4) is 5.75 Å². The van der Waals surface area contributed by atoms with Crippen molar-refractivity contribution in [2.24, 2.45) is 0 Å². The van der Waals surface area contributed by atoms with Crippen LogP contribution in [0, 0.1) is 3.57 Å². The third-order valence-corrected chi connectivity index (χ3v) is 4.12. The third-order valence-electron chi connectivity index (χ3n) is 3.40. The molecule has 18 heavy (non-hydrogen) atoms. The molecule has 0 aromatic heterocycles. The molecule has 0 aliphatic carbocycles. The van der Waals surface area contributed by atoms with Gasteiger partial charge in [0.15, 0.2) is 0 Å². The van der Waals surface area contributed by atoms with Crippen LogP contribution in [0.3, 0.4) is 0 Å². The fourth-order valence-corrected chi connectivity index (χ4v) is 2.51. The van der Waals surface area contributed by atoms with Crippen molar-refractivity contribution in [2.75, 3.05) is 45.9 Å². The van der Waals surface area contributed by atoms with Gasteiger partial charge in [-0.25, -0.2) is 0 Å². The summed E-state index contributed by atoms with van der Waals surface area (Å²) >= 11 is 2.31. The Morgan fingerprint density at radius 1 is 1.06 bits per heavy atom. The van der Waals surface area contributed by atoms with E-state index in [1.165, 1.54) is 36.3 Å². The second-order valence-electron chi connectivity index (χ2n) is 4.58. The van der Waals surface area contributed by atoms with E-state index in [2.05, 4.69) is 51.4 Å². The van der Waals surface area contributed by atoms with Crippen LogP contribution in [0.1, 0.15) is 6.92 Å². The summed E-state index contributed by atoms with van der Waals surface area (Å²) in [5, 5.41) is 0. The molecule has 3 nitrogen and oxygen atoms in total. The molecule has 1 aliphatic heterocycles. The van der Waals surface area contributed by atoms with Crippen molar-refractivity contribution in [1.29, 1.82) is 0 Å². The quantitative estimate of drug-likeness (QED) is 0.750. The molecule has 2 rings (SSSR count). The van der Waals surface area contributed by atoms with E-state index in [0.29, 0.717) is 0 Å². The zero-order chi connectivity index (χ0) is 12.8. The van der Waals surface area contributed by atoms with E-state index in [1.54, 1.807) is 0 Å². The van der Waals surface area contributed by atoms with Gasteiger partial charge in [-0.2, -0.15) is 0 Å². The molecule has 0 bridgehead atoms. The molecular weight excluding hydrogens is 339 g/mol. The summed E-state index contributed by atoms with van der Waals surface area (Å²) in [5.41, 5.74) is 0. The minimum Gasteiger partial charge on any atom is -0.492 e. The number of hydrogen-bond acceptors (Lipinski definition) is 3. The topological polar surface area (TPSA) is 15.7 Å². The number of benzene rings is 1. The largest absolute Gasteiger partial charge is 0.492 e. The van der Waals surface area contributed by atoms with E-state index >= 15 is 0 Å². The fourth-order valence-electron chi connectivity index (χ4n) is 2.15. The summed E-state index contributed by atoms with van der Waals surface area (Å²) in [6.07, 6.45) is 0. The van der Waals surface area contributed by atoms with E-state index < -0.39 is 0 Å². The van der Waals surface area contributed by atoms with E-state index in [0.717, 1.165) is 18.9 Å². The van der Waals surface area contributed by atoms with Crippen LogP contribution in [0.5, 0.6) is 5.75 Å². The highest BCUT2D eigenvalue weighted by molar-refractivity contribution is 14.1. The normalized spacial score (nSPS) is 17.9. The van der Waals surface area contributed by atoms with Crippen LogP contribution in [0.15, 0.2) is 24.3 Å². The van der Waals surface area contributed by atoms with Gasteiger partial charge in [0.1, 0.15) is 12.4 Å². The molecule has 1 fully saturated rings. The number of halogens is 1. The van der Waals surface area contributed by atoms with Crippen LogP contribution in [-0.4, -0.2) is 55.7 Å². The number of likely N-dealkylation sites (N-methyl/N-ethyl adjacent to an activating group) is 1. The summed E-state index contributed by atoms with van der Waals surface area (Å²) in [6, 6.07) is 8.24. The highest BCUT2D eigenvalue weighted by atomic mass is 127. The van der Waals surface area contributed by atoms with Gasteiger partial charge < -0.3 is 9.64 Å². The average molecular weight is 360 g/mol. The zero-order valence-electron chi connectivity index (χ0n) is 10.9. The molecule has 1 aromatic carbocycles. The summed E-state index contributed by atoms with van der Waals surface area (Å²) in [6.45, 7) is 9.95. The molecular formula is C14H21IN2O. The van der Waals surface area contributed by atoms with E-state index in [1.807, 2.05) is 12.1 Å². The Morgan fingerprint density at radius 2 is 1.67 bits per heavy atom. The van der Waals surface area contributed by atoms with Crippen molar-refractivity contribution in [1.82, 2.24) is 9.80 Å². The van der Waals surface area contributed by atoms with Crippen molar-refractivity contribution in [2.45, 2.75) is 6.92 Å². The predicted molar refractivity (Wildman–Crippen MR) is 83.2 cm³/mol. The second kappa shape index (κ2) is 7.31. The maximum atomic E-state index is 5.76. The van der Waals surface area contributed by atoms with Crippen LogP contribution in [0.2, 0.25) is 0 Å². The highest BCUT2D eigenvalue weighted by Crippen LogP contribution is 2.13. The molecule has 0 N–H and O–H groups in total. The van der Waals surface area contributed by atoms with Crippen LogP contribution in [0.4, 0.5) is 0 Å². The Morgan fingerprint density at radius 3 is 2.28 bits per heavy atom. The van der Waals surface area contributed by atoms with Crippen molar-refractivity contribution in [3.05, 3.63) is 27.8 Å². The molecule has 1 heterocycles. The fraction of sp³-hybridized carbons (Fsp3) is 0.571. The van der Waals surface area contributed by atoms with Gasteiger partial charge in [0.05, 0.1) is 0 Å². The molecule has 0 atom stereocenters. The van der Waals surface area contributed by atoms with Gasteiger partial charge in [-0.05, 0) is 53.4 Å². The Labute approximate surface area is 123 Å². The Kier molecular flexibility index (Phi) is 5.72. The maximum Gasteiger partial charge on any atom is 0.119 e. The maximum absolute atomic E-state index is 5.76. The first-order chi connectivity index (χ1) is 8.78. The lowest BCUT2D eigenvalue weighted by Gasteiger charge is -2.33. The van der Waals surface area contributed by atoms with E-state index in [-0.39, 0.29) is 0 Å². The van der Waals surface area contributed by atoms with Crippen molar-refractivity contribution < 1.29 is 4.74 Å². The Balaban J connectivity index is 1.65. The molecule has 0 radical (unpaired) electrons. The minimum atomic E-state index is 0.784. The van der Waals surface area contributed by atoms with Crippen molar-refractivity contribution in [3.63, 3.8) is 0 Å². The zero-order valence-corrected chi connectivity index (χ0v) is 13.1. The van der Waals surface area contributed by atoms with Gasteiger partial charge in [0.25, 0.3) is 0 Å². The lowest BCUT2D eigenvalue weighted by Crippen LogP contribution is -2.47. The van der Waals surface area contributed by atoms with Gasteiger partial charge in [0.2, 0.25) is 0 Å². The smallest absolute Gasteiger partial charge is 0.119 e. The van der Waals surface area contributed by atoms with Crippen molar-refractivity contribution >= 4 is 22.6 Å². The lowest BCUT2D eigenvalue weighted by atomic mass is 10.3. The van der Waals surface area contributed by atoms with Gasteiger partial charge in [-0.3, -0.25) is 4.90 Å². The van der Waals surface area contributed by atoms with Crippen LogP contribution < -0.4 is 4.74 Å². The van der Waals surface area contributed by atoms with Crippen LogP contribution >= 0.6 is 22.6 Å². The van der Waals surface area contributed by atoms with Gasteiger partial charge in [0, 0.05) is 36.3 Å². The molecule has 0 saturated carbocycles. The molecule has 0 amide bonds. The summed E-state index contributed by atoms with van der Waals surface area (Å²) in [7, 11) is 0. The number of rotatable bonds is 5. The van der Waals surface area contributed by atoms with Gasteiger partial charge in [-0.15, -0.1) is 0 Å². The third kappa shape index (κ3) is 4.40. The predicted octanol–water partition coefficient (Wildman–Crippen LogP) is 2.31. The Hall–Kier alpha value is -0.330. The van der Waals surface area contributed by atoms with Crippen LogP contribution in [0.25, 0.3) is 0 Å². The first kappa shape index (κ1) is 14.1. The summed E-state index contributed by atoms with van der Waals surface area (Å²) in [5.74, 6) is 0.975. The second-order valence-corrected chi connectivity index (χ2v) is 5.82. The molecule has 0 spiro atoms. The molecule has 1 aliphatic rings. The molecule has 4 heteroatoms. The SMILES string of the molecule is CCN1CCN(CCOc2ccc(I)cc2)CC1. The van der Waals surface area contributed by atoms with Gasteiger partial charge in [-0.1, -0.05) is 6.92 Å². The lowest BCUT2D eigenvalue weighted by molar-refractivity contribution is 0.121. The highest BCUT2D eigenvalue weighted by Gasteiger charge is 2.14. The van der Waals surface area contributed by atoms with Gasteiger partial charge >= 0.3 is 0 Å². The number of piperazine rings is 1. The number of nitrogens with zero attached hydrogens (tertiary/aromatic N) is 2. The van der Waals surface area contributed by atoms with Crippen LogP contribution in [-0.2, 0) is 0 Å². The average Bonchev–Trinajstić information content (AvgIpc) is 2.42. The monoisotopic (exact) mass is 360 g/mol.